The van der Waals surface area contributed by atoms with Crippen LogP contribution in [-0.2, 0) is 11.2 Å². The topological polar surface area (TPSA) is 47.6 Å². The minimum absolute atomic E-state index is 0.174. The molecule has 1 N–H and O–H groups in total. The number of benzene rings is 2. The molecule has 128 valence electrons. The lowest BCUT2D eigenvalue weighted by molar-refractivity contribution is -0.127. The molecule has 6 heteroatoms. The summed E-state index contributed by atoms with van der Waals surface area (Å²) >= 11 is 9.26. The van der Waals surface area contributed by atoms with E-state index in [2.05, 4.69) is 21.2 Å². The van der Waals surface area contributed by atoms with Crippen molar-refractivity contribution < 1.29 is 14.3 Å². The summed E-state index contributed by atoms with van der Waals surface area (Å²) in [6, 6.07) is 12.9. The number of para-hydroxylation sites is 1. The first-order valence-electron chi connectivity index (χ1n) is 7.52. The number of nitrogens with one attached hydrogen (secondary N) is 1. The van der Waals surface area contributed by atoms with E-state index in [1.807, 2.05) is 24.3 Å². The van der Waals surface area contributed by atoms with E-state index in [1.165, 1.54) is 0 Å². The minimum atomic E-state index is -0.611. The van der Waals surface area contributed by atoms with Crippen LogP contribution in [0.3, 0.4) is 0 Å². The van der Waals surface area contributed by atoms with Gasteiger partial charge in [0.25, 0.3) is 5.91 Å². The summed E-state index contributed by atoms with van der Waals surface area (Å²) in [5.74, 6) is 1.22. The van der Waals surface area contributed by atoms with Gasteiger partial charge >= 0.3 is 0 Å². The van der Waals surface area contributed by atoms with E-state index < -0.39 is 6.10 Å². The standard InChI is InChI=1S/C18H19BrClNO3/c1-12(24-17-8-7-14(20)11-15(17)19)18(22)21-10-9-13-5-3-4-6-16(13)23-2/h3-8,11-12H,9-10H2,1-2H3,(H,21,22). The Morgan fingerprint density at radius 3 is 2.71 bits per heavy atom. The number of ether oxygens (including phenoxy) is 2. The van der Waals surface area contributed by atoms with Gasteiger partial charge in [0.2, 0.25) is 0 Å². The Morgan fingerprint density at radius 2 is 2.00 bits per heavy atom. The van der Waals surface area contributed by atoms with Crippen molar-refractivity contribution >= 4 is 33.4 Å². The molecule has 1 amide bonds. The largest absolute Gasteiger partial charge is 0.496 e. The molecule has 24 heavy (non-hydrogen) atoms. The number of halogens is 2. The monoisotopic (exact) mass is 411 g/mol. The molecule has 1 atom stereocenters. The fraction of sp³-hybridized carbons (Fsp3) is 0.278. The van der Waals surface area contributed by atoms with Crippen LogP contribution in [0.15, 0.2) is 46.9 Å². The molecule has 0 saturated heterocycles. The Balaban J connectivity index is 1.85. The predicted octanol–water partition coefficient (Wildman–Crippen LogP) is 4.24. The second-order valence-corrected chi connectivity index (χ2v) is 6.48. The second kappa shape index (κ2) is 8.94. The quantitative estimate of drug-likeness (QED) is 0.740. The van der Waals surface area contributed by atoms with Crippen molar-refractivity contribution in [2.75, 3.05) is 13.7 Å². The van der Waals surface area contributed by atoms with E-state index in [4.69, 9.17) is 21.1 Å². The van der Waals surface area contributed by atoms with E-state index in [0.717, 1.165) is 11.3 Å². The lowest BCUT2D eigenvalue weighted by Crippen LogP contribution is -2.37. The van der Waals surface area contributed by atoms with Gasteiger partial charge in [-0.25, -0.2) is 0 Å². The summed E-state index contributed by atoms with van der Waals surface area (Å²) in [7, 11) is 1.64. The maximum absolute atomic E-state index is 12.2. The van der Waals surface area contributed by atoms with Crippen LogP contribution in [0.5, 0.6) is 11.5 Å². The maximum atomic E-state index is 12.2. The highest BCUT2D eigenvalue weighted by molar-refractivity contribution is 9.10. The first kappa shape index (κ1) is 18.6. The molecule has 0 aliphatic carbocycles. The molecule has 2 rings (SSSR count). The molecule has 0 fully saturated rings. The summed E-state index contributed by atoms with van der Waals surface area (Å²) in [5.41, 5.74) is 1.05. The van der Waals surface area contributed by atoms with Crippen LogP contribution in [0.1, 0.15) is 12.5 Å². The highest BCUT2D eigenvalue weighted by atomic mass is 79.9. The number of methoxy groups -OCH3 is 1. The molecule has 0 aliphatic rings. The fourth-order valence-electron chi connectivity index (χ4n) is 2.19. The van der Waals surface area contributed by atoms with Crippen LogP contribution in [0.25, 0.3) is 0 Å². The molecule has 1 unspecified atom stereocenters. The third-order valence-electron chi connectivity index (χ3n) is 3.45. The van der Waals surface area contributed by atoms with E-state index in [1.54, 1.807) is 32.2 Å². The number of hydrogen-bond donors (Lipinski definition) is 1. The molecule has 0 heterocycles. The molecule has 0 spiro atoms. The molecule has 0 bridgehead atoms. The van der Waals surface area contributed by atoms with E-state index in [-0.39, 0.29) is 5.91 Å². The number of carbonyl (C=O) groups excluding carboxylic acids is 1. The summed E-state index contributed by atoms with van der Waals surface area (Å²) in [5, 5.41) is 3.47. The summed E-state index contributed by atoms with van der Waals surface area (Å²) in [6.07, 6.45) is 0.0766. The van der Waals surface area contributed by atoms with Gasteiger partial charge in [0.05, 0.1) is 11.6 Å². The molecule has 0 aromatic heterocycles. The SMILES string of the molecule is COc1ccccc1CCNC(=O)C(C)Oc1ccc(Cl)cc1Br. The highest BCUT2D eigenvalue weighted by Crippen LogP contribution is 2.28. The predicted molar refractivity (Wildman–Crippen MR) is 98.9 cm³/mol. The smallest absolute Gasteiger partial charge is 0.260 e. The summed E-state index contributed by atoms with van der Waals surface area (Å²) in [6.45, 7) is 2.22. The van der Waals surface area contributed by atoms with Crippen molar-refractivity contribution in [3.63, 3.8) is 0 Å². The third-order valence-corrected chi connectivity index (χ3v) is 4.31. The zero-order valence-electron chi connectivity index (χ0n) is 13.5. The Labute approximate surface area is 155 Å². The van der Waals surface area contributed by atoms with Gasteiger partial charge in [0, 0.05) is 11.6 Å². The minimum Gasteiger partial charge on any atom is -0.496 e. The van der Waals surface area contributed by atoms with Gasteiger partial charge in [-0.3, -0.25) is 4.79 Å². The number of rotatable bonds is 7. The second-order valence-electron chi connectivity index (χ2n) is 5.19. The zero-order chi connectivity index (χ0) is 17.5. The van der Waals surface area contributed by atoms with Crippen molar-refractivity contribution in [2.24, 2.45) is 0 Å². The van der Waals surface area contributed by atoms with Gasteiger partial charge in [-0.1, -0.05) is 29.8 Å². The zero-order valence-corrected chi connectivity index (χ0v) is 15.9. The first-order chi connectivity index (χ1) is 11.5. The van der Waals surface area contributed by atoms with Crippen molar-refractivity contribution in [1.29, 1.82) is 0 Å². The van der Waals surface area contributed by atoms with Crippen LogP contribution in [0.2, 0.25) is 5.02 Å². The highest BCUT2D eigenvalue weighted by Gasteiger charge is 2.16. The molecule has 0 radical (unpaired) electrons. The van der Waals surface area contributed by atoms with Crippen molar-refractivity contribution in [1.82, 2.24) is 5.32 Å². The molecule has 0 aliphatic heterocycles. The number of carbonyl (C=O) groups is 1. The van der Waals surface area contributed by atoms with Crippen LogP contribution in [0, 0.1) is 0 Å². The van der Waals surface area contributed by atoms with Gasteiger partial charge in [-0.05, 0) is 59.1 Å². The maximum Gasteiger partial charge on any atom is 0.260 e. The van der Waals surface area contributed by atoms with Crippen LogP contribution >= 0.6 is 27.5 Å². The van der Waals surface area contributed by atoms with Crippen molar-refractivity contribution in [2.45, 2.75) is 19.4 Å². The Kier molecular flexibility index (Phi) is 6.94. The fourth-order valence-corrected chi connectivity index (χ4v) is 2.96. The van der Waals surface area contributed by atoms with E-state index in [0.29, 0.717) is 28.2 Å². The summed E-state index contributed by atoms with van der Waals surface area (Å²) in [4.78, 5) is 12.2. The van der Waals surface area contributed by atoms with E-state index >= 15 is 0 Å². The summed E-state index contributed by atoms with van der Waals surface area (Å²) < 4.78 is 11.7. The molecular formula is C18H19BrClNO3. The molecule has 4 nitrogen and oxygen atoms in total. The van der Waals surface area contributed by atoms with Gasteiger partial charge < -0.3 is 14.8 Å². The number of amides is 1. The number of hydrogen-bond acceptors (Lipinski definition) is 3. The lowest BCUT2D eigenvalue weighted by atomic mass is 10.1. The molecule has 2 aromatic carbocycles. The Morgan fingerprint density at radius 1 is 1.25 bits per heavy atom. The Bertz CT molecular complexity index is 708. The van der Waals surface area contributed by atoms with E-state index in [9.17, 15) is 4.79 Å². The lowest BCUT2D eigenvalue weighted by Gasteiger charge is -2.16. The van der Waals surface area contributed by atoms with Crippen LogP contribution in [-0.4, -0.2) is 25.7 Å². The van der Waals surface area contributed by atoms with Gasteiger partial charge in [0.15, 0.2) is 6.10 Å². The Hall–Kier alpha value is -1.72. The van der Waals surface area contributed by atoms with Gasteiger partial charge in [-0.15, -0.1) is 0 Å². The first-order valence-corrected chi connectivity index (χ1v) is 8.69. The van der Waals surface area contributed by atoms with Crippen molar-refractivity contribution in [3.05, 3.63) is 57.5 Å². The van der Waals surface area contributed by atoms with Crippen LogP contribution in [0.4, 0.5) is 0 Å². The van der Waals surface area contributed by atoms with Crippen molar-refractivity contribution in [3.8, 4) is 11.5 Å². The normalized spacial score (nSPS) is 11.7. The average molecular weight is 413 g/mol. The van der Waals surface area contributed by atoms with Gasteiger partial charge in [-0.2, -0.15) is 0 Å². The third kappa shape index (κ3) is 5.14. The average Bonchev–Trinajstić information content (AvgIpc) is 2.57. The molecule has 0 saturated carbocycles. The molecular weight excluding hydrogens is 394 g/mol. The van der Waals surface area contributed by atoms with Gasteiger partial charge in [0.1, 0.15) is 11.5 Å². The van der Waals surface area contributed by atoms with Crippen LogP contribution < -0.4 is 14.8 Å². The molecule has 2 aromatic rings.